The molecule has 0 saturated heterocycles. The van der Waals surface area contributed by atoms with Crippen molar-refractivity contribution in [2.75, 3.05) is 0 Å². The van der Waals surface area contributed by atoms with Gasteiger partial charge in [0.2, 0.25) is 0 Å². The molecule has 0 unspecified atom stereocenters. The van der Waals surface area contributed by atoms with E-state index < -0.39 is 5.82 Å². The van der Waals surface area contributed by atoms with Crippen LogP contribution in [-0.2, 0) is 0 Å². The van der Waals surface area contributed by atoms with Crippen LogP contribution in [0.4, 0.5) is 4.39 Å². The first kappa shape index (κ1) is 14.3. The molecule has 3 aromatic rings. The number of nitrogens with zero attached hydrogens (tertiary/aromatic N) is 1. The molecule has 0 aliphatic heterocycles. The van der Waals surface area contributed by atoms with E-state index in [4.69, 9.17) is 35.4 Å². The number of hydrogen-bond acceptors (Lipinski definition) is 2. The molecule has 0 aliphatic rings. The molecule has 0 radical (unpaired) electrons. The summed E-state index contributed by atoms with van der Waals surface area (Å²) in [6.07, 6.45) is 0. The second kappa shape index (κ2) is 5.26. The highest BCUT2D eigenvalue weighted by molar-refractivity contribution is 7.71. The van der Waals surface area contributed by atoms with Crippen molar-refractivity contribution in [1.82, 2.24) is 9.55 Å². The maximum atomic E-state index is 13.5. The third-order valence-electron chi connectivity index (χ3n) is 3.03. The first-order chi connectivity index (χ1) is 9.99. The topological polar surface area (TPSA) is 37.8 Å². The van der Waals surface area contributed by atoms with Crippen molar-refractivity contribution in [2.45, 2.75) is 0 Å². The molecule has 7 heteroatoms. The zero-order chi connectivity index (χ0) is 15.1. The van der Waals surface area contributed by atoms with E-state index >= 15 is 0 Å². The lowest BCUT2D eigenvalue weighted by molar-refractivity contribution is 0.628. The Morgan fingerprint density at radius 3 is 2.43 bits per heavy atom. The average Bonchev–Trinajstić information content (AvgIpc) is 2.44. The highest BCUT2D eigenvalue weighted by atomic mass is 35.5. The van der Waals surface area contributed by atoms with Crippen LogP contribution in [0.2, 0.25) is 10.0 Å². The number of nitrogens with one attached hydrogen (secondary N) is 1. The maximum absolute atomic E-state index is 13.5. The van der Waals surface area contributed by atoms with Gasteiger partial charge in [-0.2, -0.15) is 0 Å². The van der Waals surface area contributed by atoms with Crippen molar-refractivity contribution in [1.29, 1.82) is 0 Å². The lowest BCUT2D eigenvalue weighted by Crippen LogP contribution is -2.20. The number of halogens is 3. The Balaban J connectivity index is 2.41. The quantitative estimate of drug-likeness (QED) is 0.523. The molecule has 1 N–H and O–H groups in total. The Kier molecular flexibility index (Phi) is 3.57. The highest BCUT2D eigenvalue weighted by Gasteiger charge is 2.12. The lowest BCUT2D eigenvalue weighted by atomic mass is 10.2. The molecule has 3 nitrogen and oxygen atoms in total. The van der Waals surface area contributed by atoms with Crippen LogP contribution in [0.1, 0.15) is 0 Å². The van der Waals surface area contributed by atoms with Crippen LogP contribution in [0.5, 0.6) is 0 Å². The van der Waals surface area contributed by atoms with Gasteiger partial charge in [-0.3, -0.25) is 9.36 Å². The second-order valence-corrected chi connectivity index (χ2v) is 5.54. The van der Waals surface area contributed by atoms with Gasteiger partial charge in [-0.05, 0) is 36.5 Å². The fourth-order valence-corrected chi connectivity index (χ4v) is 2.84. The Morgan fingerprint density at radius 2 is 1.76 bits per heavy atom. The van der Waals surface area contributed by atoms with Crippen molar-refractivity contribution < 1.29 is 4.39 Å². The van der Waals surface area contributed by atoms with Crippen molar-refractivity contribution in [3.8, 4) is 5.69 Å². The predicted molar refractivity (Wildman–Crippen MR) is 84.7 cm³/mol. The van der Waals surface area contributed by atoms with Crippen molar-refractivity contribution in [3.63, 3.8) is 0 Å². The van der Waals surface area contributed by atoms with E-state index in [-0.39, 0.29) is 20.4 Å². The first-order valence-corrected chi connectivity index (χ1v) is 7.04. The molecule has 3 rings (SSSR count). The molecule has 0 atom stereocenters. The van der Waals surface area contributed by atoms with Gasteiger partial charge < -0.3 is 4.98 Å². The summed E-state index contributed by atoms with van der Waals surface area (Å²) < 4.78 is 14.9. The van der Waals surface area contributed by atoms with Crippen LogP contribution in [0, 0.1) is 10.6 Å². The number of hydrogen-bond donors (Lipinski definition) is 1. The molecule has 0 spiro atoms. The van der Waals surface area contributed by atoms with Gasteiger partial charge in [0.15, 0.2) is 10.6 Å². The number of benzene rings is 2. The number of aromatic nitrogens is 2. The molecule has 0 aliphatic carbocycles. The lowest BCUT2D eigenvalue weighted by Gasteiger charge is -2.09. The molecular formula is C14H7Cl2FN2OS. The zero-order valence-electron chi connectivity index (χ0n) is 10.4. The van der Waals surface area contributed by atoms with E-state index in [0.717, 1.165) is 0 Å². The smallest absolute Gasteiger partial charge is 0.266 e. The van der Waals surface area contributed by atoms with Crippen molar-refractivity contribution in [2.24, 2.45) is 0 Å². The van der Waals surface area contributed by atoms with Gasteiger partial charge >= 0.3 is 0 Å². The Bertz CT molecular complexity index is 958. The summed E-state index contributed by atoms with van der Waals surface area (Å²) in [5, 5.41) is 0.113. The van der Waals surface area contributed by atoms with E-state index in [2.05, 4.69) is 4.98 Å². The minimum atomic E-state index is -0.731. The van der Waals surface area contributed by atoms with Gasteiger partial charge in [0.05, 0.1) is 26.6 Å². The summed E-state index contributed by atoms with van der Waals surface area (Å²) >= 11 is 16.7. The molecule has 106 valence electrons. The van der Waals surface area contributed by atoms with E-state index in [1.54, 1.807) is 24.3 Å². The summed E-state index contributed by atoms with van der Waals surface area (Å²) in [6, 6.07) is 9.58. The number of para-hydroxylation sites is 1. The molecule has 1 heterocycles. The number of fused-ring (bicyclic) bond motifs is 1. The Labute approximate surface area is 133 Å². The molecule has 0 amide bonds. The summed E-state index contributed by atoms with van der Waals surface area (Å²) in [5.41, 5.74) is 0.611. The second-order valence-electron chi connectivity index (χ2n) is 4.34. The third-order valence-corrected chi connectivity index (χ3v) is 3.87. The molecule has 21 heavy (non-hydrogen) atoms. The normalized spacial score (nSPS) is 11.0. The van der Waals surface area contributed by atoms with Gasteiger partial charge in [-0.15, -0.1) is 0 Å². The highest BCUT2D eigenvalue weighted by Crippen LogP contribution is 2.26. The molecule has 1 aromatic heterocycles. The standard InChI is InChI=1S/C14H7Cl2FN2OS/c15-9-5-7(6-10(16)12(9)17)19-13(20)8-3-1-2-4-11(8)18-14(19)21/h1-6H,(H,18,21). The van der Waals surface area contributed by atoms with Gasteiger partial charge in [-0.1, -0.05) is 35.3 Å². The summed E-state index contributed by atoms with van der Waals surface area (Å²) in [4.78, 5) is 15.5. The predicted octanol–water partition coefficient (Wildman–Crippen LogP) is 4.49. The van der Waals surface area contributed by atoms with Crippen LogP contribution in [0.3, 0.4) is 0 Å². The molecular weight excluding hydrogens is 334 g/mol. The van der Waals surface area contributed by atoms with E-state index in [9.17, 15) is 9.18 Å². The Morgan fingerprint density at radius 1 is 1.14 bits per heavy atom. The Hall–Kier alpha value is -1.69. The number of H-pyrrole nitrogens is 1. The SMILES string of the molecule is O=c1c2ccccc2[nH]c(=S)n1-c1cc(Cl)c(F)c(Cl)c1. The fraction of sp³-hybridized carbons (Fsp3) is 0. The summed E-state index contributed by atoms with van der Waals surface area (Å²) in [5.74, 6) is -0.731. The van der Waals surface area contributed by atoms with Crippen molar-refractivity contribution >= 4 is 46.3 Å². The van der Waals surface area contributed by atoms with Gasteiger partial charge in [0.1, 0.15) is 0 Å². The van der Waals surface area contributed by atoms with Crippen LogP contribution < -0.4 is 5.56 Å². The van der Waals surface area contributed by atoms with Gasteiger partial charge in [0, 0.05) is 0 Å². The zero-order valence-corrected chi connectivity index (χ0v) is 12.7. The maximum Gasteiger partial charge on any atom is 0.266 e. The molecule has 0 bridgehead atoms. The van der Waals surface area contributed by atoms with E-state index in [1.807, 2.05) is 0 Å². The minimum Gasteiger partial charge on any atom is -0.331 e. The summed E-state index contributed by atoms with van der Waals surface area (Å²) in [6.45, 7) is 0. The monoisotopic (exact) mass is 340 g/mol. The largest absolute Gasteiger partial charge is 0.331 e. The molecule has 2 aromatic carbocycles. The number of aromatic amines is 1. The van der Waals surface area contributed by atoms with Gasteiger partial charge in [-0.25, -0.2) is 4.39 Å². The van der Waals surface area contributed by atoms with Crippen LogP contribution >= 0.6 is 35.4 Å². The van der Waals surface area contributed by atoms with Crippen molar-refractivity contribution in [3.05, 3.63) is 67.4 Å². The summed E-state index contributed by atoms with van der Waals surface area (Å²) in [7, 11) is 0. The van der Waals surface area contributed by atoms with E-state index in [0.29, 0.717) is 16.6 Å². The van der Waals surface area contributed by atoms with Crippen LogP contribution in [0.15, 0.2) is 41.2 Å². The molecule has 0 fully saturated rings. The van der Waals surface area contributed by atoms with Crippen LogP contribution in [0.25, 0.3) is 16.6 Å². The fourth-order valence-electron chi connectivity index (χ4n) is 2.07. The third kappa shape index (κ3) is 2.37. The number of rotatable bonds is 1. The van der Waals surface area contributed by atoms with E-state index in [1.165, 1.54) is 16.7 Å². The average molecular weight is 341 g/mol. The van der Waals surface area contributed by atoms with Crippen LogP contribution in [-0.4, -0.2) is 9.55 Å². The molecule has 0 saturated carbocycles. The first-order valence-electron chi connectivity index (χ1n) is 5.88. The van der Waals surface area contributed by atoms with Gasteiger partial charge in [0.25, 0.3) is 5.56 Å². The minimum absolute atomic E-state index is 0.174.